The van der Waals surface area contributed by atoms with E-state index in [2.05, 4.69) is 24.3 Å². The molecular formula is C17H23ClN4O. The molecule has 0 saturated carbocycles. The Labute approximate surface area is 141 Å². The molecule has 0 radical (unpaired) electrons. The summed E-state index contributed by atoms with van der Waals surface area (Å²) in [6, 6.07) is 8.98. The highest BCUT2D eigenvalue weighted by molar-refractivity contribution is 6.30. The minimum atomic E-state index is -0.439. The summed E-state index contributed by atoms with van der Waals surface area (Å²) in [4.78, 5) is 12.4. The van der Waals surface area contributed by atoms with Crippen molar-refractivity contribution in [2.45, 2.75) is 32.7 Å². The number of carbonyl (C=O) groups excluding carboxylic acids is 1. The van der Waals surface area contributed by atoms with Gasteiger partial charge in [0.25, 0.3) is 5.91 Å². The molecule has 1 atom stereocenters. The lowest BCUT2D eigenvalue weighted by atomic mass is 9.90. The van der Waals surface area contributed by atoms with Crippen LogP contribution in [0, 0.1) is 5.92 Å². The molecule has 1 unspecified atom stereocenters. The van der Waals surface area contributed by atoms with Gasteiger partial charge in [0.05, 0.1) is 11.2 Å². The van der Waals surface area contributed by atoms with E-state index in [9.17, 15) is 4.79 Å². The maximum absolute atomic E-state index is 12.4. The number of hydrogen-bond acceptors (Lipinski definition) is 3. The van der Waals surface area contributed by atoms with Gasteiger partial charge in [0.2, 0.25) is 0 Å². The Morgan fingerprint density at radius 1 is 1.43 bits per heavy atom. The summed E-state index contributed by atoms with van der Waals surface area (Å²) >= 11 is 5.98. The van der Waals surface area contributed by atoms with E-state index in [1.807, 2.05) is 19.1 Å². The van der Waals surface area contributed by atoms with Crippen molar-refractivity contribution in [1.29, 1.82) is 0 Å². The Hall–Kier alpha value is -1.85. The third-order valence-electron chi connectivity index (χ3n) is 3.62. The Balaban J connectivity index is 2.15. The minimum Gasteiger partial charge on any atom is -0.344 e. The number of benzene rings is 1. The van der Waals surface area contributed by atoms with Gasteiger partial charge in [-0.05, 0) is 43.5 Å². The molecule has 5 nitrogen and oxygen atoms in total. The van der Waals surface area contributed by atoms with Gasteiger partial charge in [0, 0.05) is 17.8 Å². The molecule has 0 aliphatic heterocycles. The lowest BCUT2D eigenvalue weighted by molar-refractivity contribution is 0.0892. The van der Waals surface area contributed by atoms with Gasteiger partial charge >= 0.3 is 0 Å². The Morgan fingerprint density at radius 3 is 2.78 bits per heavy atom. The molecule has 0 saturated heterocycles. The quantitative estimate of drug-likeness (QED) is 0.852. The molecule has 1 aromatic carbocycles. The molecule has 0 aliphatic rings. The summed E-state index contributed by atoms with van der Waals surface area (Å²) in [6.07, 6.45) is 2.55. The zero-order valence-electron chi connectivity index (χ0n) is 13.7. The van der Waals surface area contributed by atoms with Crippen molar-refractivity contribution in [3.63, 3.8) is 0 Å². The topological polar surface area (TPSA) is 72.9 Å². The Morgan fingerprint density at radius 2 is 2.17 bits per heavy atom. The number of aromatic nitrogens is 2. The van der Waals surface area contributed by atoms with Gasteiger partial charge in [-0.3, -0.25) is 4.79 Å². The third kappa shape index (κ3) is 4.56. The molecule has 0 spiro atoms. The van der Waals surface area contributed by atoms with Gasteiger partial charge in [-0.1, -0.05) is 31.5 Å². The zero-order chi connectivity index (χ0) is 17.0. The molecule has 0 bridgehead atoms. The van der Waals surface area contributed by atoms with Gasteiger partial charge in [-0.15, -0.1) is 0 Å². The molecular weight excluding hydrogens is 312 g/mol. The number of hydrogen-bond donors (Lipinski definition) is 2. The summed E-state index contributed by atoms with van der Waals surface area (Å²) in [5.74, 6) is 0.215. The fraction of sp³-hybridized carbons (Fsp3) is 0.412. The minimum absolute atomic E-state index is 0.223. The van der Waals surface area contributed by atoms with Crippen molar-refractivity contribution in [2.75, 3.05) is 6.54 Å². The van der Waals surface area contributed by atoms with Gasteiger partial charge in [-0.25, -0.2) is 4.68 Å². The fourth-order valence-electron chi connectivity index (χ4n) is 2.63. The smallest absolute Gasteiger partial charge is 0.272 e. The maximum Gasteiger partial charge on any atom is 0.272 e. The summed E-state index contributed by atoms with van der Waals surface area (Å²) in [5.41, 5.74) is 6.56. The Kier molecular flexibility index (Phi) is 5.44. The van der Waals surface area contributed by atoms with Crippen molar-refractivity contribution in [2.24, 2.45) is 11.7 Å². The number of carbonyl (C=O) groups is 1. The molecule has 2 rings (SSSR count). The highest BCUT2D eigenvalue weighted by Gasteiger charge is 2.27. The number of nitrogens with zero attached hydrogens (tertiary/aromatic N) is 2. The van der Waals surface area contributed by atoms with Crippen LogP contribution >= 0.6 is 11.6 Å². The molecule has 1 aromatic heterocycles. The highest BCUT2D eigenvalue weighted by atomic mass is 35.5. The standard InChI is InChI=1S/C17H23ClN4O/c1-12(2)10-17(3,11-19)20-16(23)15-7-8-22(21-15)14-6-4-5-13(18)9-14/h4-9,12H,10-11,19H2,1-3H3,(H,20,23). The van der Waals surface area contributed by atoms with Crippen LogP contribution in [0.25, 0.3) is 5.69 Å². The first-order valence-electron chi connectivity index (χ1n) is 7.67. The molecule has 23 heavy (non-hydrogen) atoms. The number of halogens is 1. The van der Waals surface area contributed by atoms with Gasteiger partial charge in [-0.2, -0.15) is 5.10 Å². The number of nitrogens with two attached hydrogens (primary N) is 1. The van der Waals surface area contributed by atoms with E-state index >= 15 is 0 Å². The van der Waals surface area contributed by atoms with Crippen molar-refractivity contribution < 1.29 is 4.79 Å². The summed E-state index contributed by atoms with van der Waals surface area (Å²) in [7, 11) is 0. The second-order valence-corrected chi connectivity index (χ2v) is 6.88. The van der Waals surface area contributed by atoms with E-state index < -0.39 is 5.54 Å². The number of amides is 1. The number of rotatable bonds is 6. The normalized spacial score (nSPS) is 13.8. The maximum atomic E-state index is 12.4. The highest BCUT2D eigenvalue weighted by Crippen LogP contribution is 2.17. The van der Waals surface area contributed by atoms with Crippen LogP contribution in [0.1, 0.15) is 37.7 Å². The molecule has 0 aliphatic carbocycles. The second-order valence-electron chi connectivity index (χ2n) is 6.44. The molecule has 6 heteroatoms. The van der Waals surface area contributed by atoms with Crippen molar-refractivity contribution >= 4 is 17.5 Å². The predicted octanol–water partition coefficient (Wildman–Crippen LogP) is 3.02. The van der Waals surface area contributed by atoms with Crippen LogP contribution in [0.5, 0.6) is 0 Å². The van der Waals surface area contributed by atoms with E-state index in [1.54, 1.807) is 29.1 Å². The summed E-state index contributed by atoms with van der Waals surface area (Å²) < 4.78 is 1.63. The molecule has 124 valence electrons. The van der Waals surface area contributed by atoms with Crippen molar-refractivity contribution in [1.82, 2.24) is 15.1 Å². The molecule has 1 heterocycles. The zero-order valence-corrected chi connectivity index (χ0v) is 14.5. The Bertz CT molecular complexity index is 683. The third-order valence-corrected chi connectivity index (χ3v) is 3.85. The lowest BCUT2D eigenvalue weighted by Crippen LogP contribution is -2.52. The van der Waals surface area contributed by atoms with Crippen molar-refractivity contribution in [3.8, 4) is 5.69 Å². The monoisotopic (exact) mass is 334 g/mol. The van der Waals surface area contributed by atoms with Gasteiger partial charge in [0.15, 0.2) is 5.69 Å². The van der Waals surface area contributed by atoms with E-state index in [0.29, 0.717) is 23.2 Å². The lowest BCUT2D eigenvalue weighted by Gasteiger charge is -2.30. The first-order valence-corrected chi connectivity index (χ1v) is 8.05. The summed E-state index contributed by atoms with van der Waals surface area (Å²) in [6.45, 7) is 6.55. The van der Waals surface area contributed by atoms with E-state index in [-0.39, 0.29) is 5.91 Å². The van der Waals surface area contributed by atoms with E-state index in [0.717, 1.165) is 12.1 Å². The van der Waals surface area contributed by atoms with Crippen LogP contribution < -0.4 is 11.1 Å². The molecule has 1 amide bonds. The van der Waals surface area contributed by atoms with Gasteiger partial charge < -0.3 is 11.1 Å². The van der Waals surface area contributed by atoms with Crippen LogP contribution in [0.4, 0.5) is 0 Å². The average Bonchev–Trinajstić information content (AvgIpc) is 2.96. The fourth-order valence-corrected chi connectivity index (χ4v) is 2.82. The molecule has 3 N–H and O–H groups in total. The molecule has 0 fully saturated rings. The SMILES string of the molecule is CC(C)CC(C)(CN)NC(=O)c1ccn(-c2cccc(Cl)c2)n1. The van der Waals surface area contributed by atoms with Gasteiger partial charge in [0.1, 0.15) is 0 Å². The first-order chi connectivity index (χ1) is 10.8. The largest absolute Gasteiger partial charge is 0.344 e. The van der Waals surface area contributed by atoms with E-state index in [1.165, 1.54) is 0 Å². The molecule has 2 aromatic rings. The first kappa shape index (κ1) is 17.5. The second kappa shape index (κ2) is 7.15. The van der Waals surface area contributed by atoms with Crippen LogP contribution in [0.15, 0.2) is 36.5 Å². The van der Waals surface area contributed by atoms with Crippen LogP contribution in [-0.2, 0) is 0 Å². The van der Waals surface area contributed by atoms with E-state index in [4.69, 9.17) is 17.3 Å². The van der Waals surface area contributed by atoms with Crippen molar-refractivity contribution in [3.05, 3.63) is 47.2 Å². The van der Waals surface area contributed by atoms with Crippen LogP contribution in [0.3, 0.4) is 0 Å². The van der Waals surface area contributed by atoms with Crippen LogP contribution in [-0.4, -0.2) is 27.8 Å². The average molecular weight is 335 g/mol. The summed E-state index contributed by atoms with van der Waals surface area (Å²) in [5, 5.41) is 7.95. The number of nitrogens with one attached hydrogen (secondary N) is 1. The van der Waals surface area contributed by atoms with Crippen LogP contribution in [0.2, 0.25) is 5.02 Å². The predicted molar refractivity (Wildman–Crippen MR) is 93.0 cm³/mol.